The zero-order chi connectivity index (χ0) is 21.4. The van der Waals surface area contributed by atoms with Gasteiger partial charge in [0.15, 0.2) is 0 Å². The molecule has 158 valence electrons. The normalized spacial score (nSPS) is 14.6. The minimum Gasteiger partial charge on any atom is -0.497 e. The van der Waals surface area contributed by atoms with Crippen LogP contribution in [-0.2, 0) is 14.8 Å². The van der Waals surface area contributed by atoms with E-state index in [4.69, 9.17) is 4.74 Å². The summed E-state index contributed by atoms with van der Waals surface area (Å²) >= 11 is 0. The molecule has 2 N–H and O–H groups in total. The third kappa shape index (κ3) is 6.18. The molecule has 1 aliphatic rings. The smallest absolute Gasteiger partial charge is 0.262 e. The lowest BCUT2D eigenvalue weighted by molar-refractivity contribution is -0.111. The second-order valence-electron chi connectivity index (χ2n) is 6.86. The van der Waals surface area contributed by atoms with Crippen molar-refractivity contribution in [2.45, 2.75) is 30.6 Å². The maximum absolute atomic E-state index is 12.6. The highest BCUT2D eigenvalue weighted by atomic mass is 32.2. The van der Waals surface area contributed by atoms with Crippen LogP contribution in [-0.4, -0.2) is 33.8 Å². The largest absolute Gasteiger partial charge is 0.497 e. The highest BCUT2D eigenvalue weighted by Crippen LogP contribution is 2.16. The minimum atomic E-state index is -3.69. The number of hydrogen-bond donors (Lipinski definition) is 2. The van der Waals surface area contributed by atoms with Crippen molar-refractivity contribution in [2.75, 3.05) is 19.0 Å². The Kier molecular flexibility index (Phi) is 7.24. The number of benzene rings is 2. The molecule has 3 rings (SSSR count). The third-order valence-corrected chi connectivity index (χ3v) is 6.00. The monoisotopic (exact) mass is 427 g/mol. The number of nitrogens with one attached hydrogen (secondary N) is 2. The number of carbonyl (C=O) groups excluding carboxylic acids is 1. The summed E-state index contributed by atoms with van der Waals surface area (Å²) in [6.07, 6.45) is 6.69. The van der Waals surface area contributed by atoms with Gasteiger partial charge in [-0.25, -0.2) is 8.42 Å². The van der Waals surface area contributed by atoms with Gasteiger partial charge in [0.05, 0.1) is 12.0 Å². The van der Waals surface area contributed by atoms with Gasteiger partial charge in [0.2, 0.25) is 5.91 Å². The summed E-state index contributed by atoms with van der Waals surface area (Å²) in [4.78, 5) is 16.5. The molecule has 0 saturated carbocycles. The molecule has 8 heteroatoms. The first-order valence-electron chi connectivity index (χ1n) is 9.75. The maximum atomic E-state index is 12.6. The number of amides is 1. The lowest BCUT2D eigenvalue weighted by Crippen LogP contribution is -2.30. The van der Waals surface area contributed by atoms with E-state index in [-0.39, 0.29) is 10.8 Å². The van der Waals surface area contributed by atoms with Crippen molar-refractivity contribution < 1.29 is 17.9 Å². The molecule has 0 atom stereocenters. The van der Waals surface area contributed by atoms with Crippen LogP contribution in [0.2, 0.25) is 0 Å². The van der Waals surface area contributed by atoms with Gasteiger partial charge in [-0.3, -0.25) is 14.5 Å². The summed E-state index contributed by atoms with van der Waals surface area (Å²) in [7, 11) is -2.10. The van der Waals surface area contributed by atoms with Crippen LogP contribution in [0.15, 0.2) is 64.5 Å². The molecule has 2 aromatic carbocycles. The number of rotatable bonds is 6. The molecule has 1 amide bonds. The average Bonchev–Trinajstić information content (AvgIpc) is 3.01. The van der Waals surface area contributed by atoms with E-state index in [2.05, 4.69) is 15.0 Å². The molecular weight excluding hydrogens is 402 g/mol. The molecule has 0 bridgehead atoms. The molecule has 0 radical (unpaired) electrons. The van der Waals surface area contributed by atoms with Crippen molar-refractivity contribution in [3.63, 3.8) is 0 Å². The van der Waals surface area contributed by atoms with Gasteiger partial charge in [0.25, 0.3) is 10.0 Å². The molecule has 0 aromatic heterocycles. The molecule has 7 nitrogen and oxygen atoms in total. The first-order valence-corrected chi connectivity index (χ1v) is 11.2. The Morgan fingerprint density at radius 3 is 2.47 bits per heavy atom. The second kappa shape index (κ2) is 10.1. The summed E-state index contributed by atoms with van der Waals surface area (Å²) in [6, 6.07) is 13.3. The molecule has 0 spiro atoms. The van der Waals surface area contributed by atoms with E-state index in [1.165, 1.54) is 18.2 Å². The topological polar surface area (TPSA) is 96.9 Å². The molecule has 0 saturated heterocycles. The zero-order valence-electron chi connectivity index (χ0n) is 16.8. The van der Waals surface area contributed by atoms with Crippen molar-refractivity contribution in [2.24, 2.45) is 4.99 Å². The fourth-order valence-electron chi connectivity index (χ4n) is 2.96. The number of anilines is 1. The Morgan fingerprint density at radius 2 is 1.77 bits per heavy atom. The van der Waals surface area contributed by atoms with E-state index >= 15 is 0 Å². The van der Waals surface area contributed by atoms with Crippen LogP contribution in [0, 0.1) is 0 Å². The summed E-state index contributed by atoms with van der Waals surface area (Å²) in [6.45, 7) is 0.646. The van der Waals surface area contributed by atoms with Crippen LogP contribution in [0.1, 0.15) is 31.2 Å². The Labute approximate surface area is 176 Å². The number of ether oxygens (including phenoxy) is 1. The van der Waals surface area contributed by atoms with Gasteiger partial charge < -0.3 is 10.1 Å². The molecule has 0 aliphatic carbocycles. The highest BCUT2D eigenvalue weighted by molar-refractivity contribution is 7.90. The summed E-state index contributed by atoms with van der Waals surface area (Å²) in [5.41, 5.74) is 1.37. The van der Waals surface area contributed by atoms with E-state index in [0.717, 1.165) is 30.6 Å². The molecule has 0 unspecified atom stereocenters. The van der Waals surface area contributed by atoms with Crippen LogP contribution in [0.3, 0.4) is 0 Å². The van der Waals surface area contributed by atoms with E-state index < -0.39 is 10.0 Å². The lowest BCUT2D eigenvalue weighted by Gasteiger charge is -2.10. The molecule has 1 aliphatic heterocycles. The Hall–Kier alpha value is -3.13. The van der Waals surface area contributed by atoms with E-state index in [0.29, 0.717) is 24.5 Å². The zero-order valence-corrected chi connectivity index (χ0v) is 17.6. The number of sulfonamides is 1. The number of aliphatic imine (C=N–C) groups is 1. The number of hydrogen-bond acceptors (Lipinski definition) is 5. The van der Waals surface area contributed by atoms with Crippen molar-refractivity contribution in [1.82, 2.24) is 4.72 Å². The molecule has 0 fully saturated rings. The van der Waals surface area contributed by atoms with E-state index in [1.54, 1.807) is 25.3 Å². The third-order valence-electron chi connectivity index (χ3n) is 4.60. The van der Waals surface area contributed by atoms with Gasteiger partial charge in [-0.2, -0.15) is 0 Å². The van der Waals surface area contributed by atoms with Crippen LogP contribution >= 0.6 is 0 Å². The number of carbonyl (C=O) groups is 1. The molecule has 2 aromatic rings. The van der Waals surface area contributed by atoms with Crippen LogP contribution < -0.4 is 14.8 Å². The number of nitrogens with zero attached hydrogens (tertiary/aromatic N) is 1. The Balaban J connectivity index is 1.59. The fourth-order valence-corrected chi connectivity index (χ4v) is 4.05. The molecular formula is C22H25N3O4S. The average molecular weight is 428 g/mol. The van der Waals surface area contributed by atoms with Gasteiger partial charge in [0, 0.05) is 24.7 Å². The summed E-state index contributed by atoms with van der Waals surface area (Å²) < 4.78 is 32.8. The summed E-state index contributed by atoms with van der Waals surface area (Å²) in [5, 5.41) is 2.71. The van der Waals surface area contributed by atoms with E-state index in [9.17, 15) is 13.2 Å². The molecule has 30 heavy (non-hydrogen) atoms. The predicted molar refractivity (Wildman–Crippen MR) is 118 cm³/mol. The summed E-state index contributed by atoms with van der Waals surface area (Å²) in [5.74, 6) is 0.938. The van der Waals surface area contributed by atoms with Gasteiger partial charge >= 0.3 is 0 Å². The predicted octanol–water partition coefficient (Wildman–Crippen LogP) is 3.60. The first kappa shape index (κ1) is 21.6. The van der Waals surface area contributed by atoms with Gasteiger partial charge in [-0.15, -0.1) is 0 Å². The van der Waals surface area contributed by atoms with Gasteiger partial charge in [-0.05, 0) is 60.9 Å². The van der Waals surface area contributed by atoms with Crippen LogP contribution in [0.5, 0.6) is 5.75 Å². The van der Waals surface area contributed by atoms with Crippen molar-refractivity contribution in [1.29, 1.82) is 0 Å². The van der Waals surface area contributed by atoms with Crippen LogP contribution in [0.25, 0.3) is 6.08 Å². The van der Waals surface area contributed by atoms with Crippen molar-refractivity contribution in [3.05, 3.63) is 60.2 Å². The fraction of sp³-hybridized carbons (Fsp3) is 0.273. The number of amidine groups is 1. The second-order valence-corrected chi connectivity index (χ2v) is 8.55. The molecule has 1 heterocycles. The standard InChI is InChI=1S/C22H25N3O4S/c1-29-19-11-6-17(7-12-19)8-15-22(26)24-18-9-13-20(14-10-18)30(27,28)25-21-5-3-2-4-16-23-21/h6-15H,2-5,16H2,1H3,(H,23,25)(H,24,26). The quantitative estimate of drug-likeness (QED) is 0.689. The van der Waals surface area contributed by atoms with Gasteiger partial charge in [-0.1, -0.05) is 18.6 Å². The SMILES string of the molecule is COc1ccc(C=CC(=O)Nc2ccc(S(=O)(=O)NC3=NCCCCC3)cc2)cc1. The highest BCUT2D eigenvalue weighted by Gasteiger charge is 2.17. The minimum absolute atomic E-state index is 0.126. The Morgan fingerprint density at radius 1 is 1.03 bits per heavy atom. The lowest BCUT2D eigenvalue weighted by atomic mass is 10.2. The van der Waals surface area contributed by atoms with Crippen molar-refractivity contribution >= 4 is 33.5 Å². The number of methoxy groups -OCH3 is 1. The maximum Gasteiger partial charge on any atom is 0.262 e. The van der Waals surface area contributed by atoms with Gasteiger partial charge in [0.1, 0.15) is 11.6 Å². The Bertz CT molecular complexity index is 1030. The van der Waals surface area contributed by atoms with Crippen molar-refractivity contribution in [3.8, 4) is 5.75 Å². The first-order chi connectivity index (χ1) is 14.5. The van der Waals surface area contributed by atoms with Crippen LogP contribution in [0.4, 0.5) is 5.69 Å². The van der Waals surface area contributed by atoms with E-state index in [1.807, 2.05) is 24.3 Å².